The number of aliphatic hydroxyl groups excluding tert-OH is 1. The molecule has 0 spiro atoms. The van der Waals surface area contributed by atoms with E-state index in [-0.39, 0.29) is 18.9 Å². The number of rotatable bonds is 5. The molecule has 0 aliphatic rings. The zero-order valence-corrected chi connectivity index (χ0v) is 10.8. The van der Waals surface area contributed by atoms with E-state index in [4.69, 9.17) is 9.52 Å². The molecule has 1 aromatic rings. The van der Waals surface area contributed by atoms with Crippen LogP contribution < -0.4 is 5.32 Å². The lowest BCUT2D eigenvalue weighted by molar-refractivity contribution is -0.122. The third-order valence-corrected chi connectivity index (χ3v) is 2.80. The van der Waals surface area contributed by atoms with Crippen molar-refractivity contribution in [3.63, 3.8) is 0 Å². The average Bonchev–Trinajstić information content (AvgIpc) is 2.82. The highest BCUT2D eigenvalue weighted by atomic mass is 16.3. The van der Waals surface area contributed by atoms with E-state index in [1.807, 2.05) is 0 Å². The van der Waals surface area contributed by atoms with Gasteiger partial charge >= 0.3 is 0 Å². The molecule has 0 atom stereocenters. The van der Waals surface area contributed by atoms with Gasteiger partial charge in [0.1, 0.15) is 0 Å². The van der Waals surface area contributed by atoms with Crippen LogP contribution in [0, 0.1) is 0 Å². The van der Waals surface area contributed by atoms with E-state index < -0.39 is 17.4 Å². The molecule has 1 heterocycles. The minimum absolute atomic E-state index is 0.0139. The van der Waals surface area contributed by atoms with Crippen molar-refractivity contribution in [2.24, 2.45) is 0 Å². The van der Waals surface area contributed by atoms with Crippen LogP contribution in [-0.2, 0) is 4.79 Å². The van der Waals surface area contributed by atoms with Crippen LogP contribution in [0.4, 0.5) is 0 Å². The molecular weight excluding hydrogens is 236 g/mol. The highest BCUT2D eigenvalue weighted by Crippen LogP contribution is 2.10. The van der Waals surface area contributed by atoms with E-state index >= 15 is 0 Å². The van der Waals surface area contributed by atoms with Crippen molar-refractivity contribution in [2.45, 2.75) is 19.4 Å². The van der Waals surface area contributed by atoms with E-state index in [1.54, 1.807) is 31.9 Å². The van der Waals surface area contributed by atoms with E-state index in [2.05, 4.69) is 5.32 Å². The van der Waals surface area contributed by atoms with Gasteiger partial charge in [-0.05, 0) is 33.0 Å². The zero-order valence-electron chi connectivity index (χ0n) is 10.8. The van der Waals surface area contributed by atoms with Crippen molar-refractivity contribution < 1.29 is 19.1 Å². The van der Waals surface area contributed by atoms with E-state index in [0.29, 0.717) is 0 Å². The monoisotopic (exact) mass is 254 g/mol. The van der Waals surface area contributed by atoms with Crippen molar-refractivity contribution in [2.75, 3.05) is 20.2 Å². The van der Waals surface area contributed by atoms with Gasteiger partial charge in [0.15, 0.2) is 5.76 Å². The first-order chi connectivity index (χ1) is 8.36. The molecule has 1 aromatic heterocycles. The Balaban J connectivity index is 2.50. The highest BCUT2D eigenvalue weighted by Gasteiger charge is 2.25. The summed E-state index contributed by atoms with van der Waals surface area (Å²) < 4.78 is 4.87. The van der Waals surface area contributed by atoms with Crippen LogP contribution in [0.1, 0.15) is 24.4 Å². The molecule has 0 aromatic carbocycles. The standard InChI is InChI=1S/C12H18N2O4/c1-12(2,8-15)14(3)7-10(16)13-11(17)9-5-4-6-18-9/h4-6,15H,7-8H2,1-3H3,(H,13,16,17). The maximum absolute atomic E-state index is 11.6. The Kier molecular flexibility index (Phi) is 4.63. The number of hydrogen-bond acceptors (Lipinski definition) is 5. The van der Waals surface area contributed by atoms with Gasteiger partial charge in [0.05, 0.1) is 19.4 Å². The summed E-state index contributed by atoms with van der Waals surface area (Å²) in [6.45, 7) is 3.53. The Morgan fingerprint density at radius 1 is 1.50 bits per heavy atom. The molecule has 0 bridgehead atoms. The summed E-state index contributed by atoms with van der Waals surface area (Å²) in [6, 6.07) is 3.05. The molecule has 18 heavy (non-hydrogen) atoms. The molecule has 1 rings (SSSR count). The molecular formula is C12H18N2O4. The largest absolute Gasteiger partial charge is 0.459 e. The maximum Gasteiger partial charge on any atom is 0.293 e. The number of carbonyl (C=O) groups is 2. The third kappa shape index (κ3) is 3.68. The van der Waals surface area contributed by atoms with Crippen molar-refractivity contribution >= 4 is 11.8 Å². The summed E-state index contributed by atoms with van der Waals surface area (Å²) >= 11 is 0. The smallest absolute Gasteiger partial charge is 0.293 e. The molecule has 0 saturated carbocycles. The van der Waals surface area contributed by atoms with Crippen molar-refractivity contribution in [1.82, 2.24) is 10.2 Å². The second-order valence-electron chi connectivity index (χ2n) is 4.68. The van der Waals surface area contributed by atoms with Crippen LogP contribution in [0.2, 0.25) is 0 Å². The summed E-state index contributed by atoms with van der Waals surface area (Å²) in [5.74, 6) is -0.923. The fourth-order valence-corrected chi connectivity index (χ4v) is 1.19. The molecule has 6 nitrogen and oxygen atoms in total. The molecule has 0 aliphatic carbocycles. The van der Waals surface area contributed by atoms with Gasteiger partial charge in [-0.15, -0.1) is 0 Å². The van der Waals surface area contributed by atoms with Crippen LogP contribution in [0.25, 0.3) is 0 Å². The molecule has 6 heteroatoms. The predicted molar refractivity (Wildman–Crippen MR) is 65.0 cm³/mol. The van der Waals surface area contributed by atoms with Crippen LogP contribution in [-0.4, -0.2) is 47.6 Å². The van der Waals surface area contributed by atoms with Gasteiger partial charge in [0, 0.05) is 5.54 Å². The van der Waals surface area contributed by atoms with Crippen LogP contribution in [0.5, 0.6) is 0 Å². The van der Waals surface area contributed by atoms with Gasteiger partial charge in [-0.1, -0.05) is 0 Å². The van der Waals surface area contributed by atoms with Gasteiger partial charge in [-0.2, -0.15) is 0 Å². The molecule has 2 N–H and O–H groups in total. The van der Waals surface area contributed by atoms with Gasteiger partial charge in [-0.3, -0.25) is 19.8 Å². The van der Waals surface area contributed by atoms with Crippen LogP contribution >= 0.6 is 0 Å². The number of hydrogen-bond donors (Lipinski definition) is 2. The van der Waals surface area contributed by atoms with Crippen molar-refractivity contribution in [1.29, 1.82) is 0 Å². The Hall–Kier alpha value is -1.66. The zero-order chi connectivity index (χ0) is 13.8. The Morgan fingerprint density at radius 2 is 2.17 bits per heavy atom. The topological polar surface area (TPSA) is 82.8 Å². The summed E-state index contributed by atoms with van der Waals surface area (Å²) in [4.78, 5) is 24.8. The van der Waals surface area contributed by atoms with E-state index in [9.17, 15) is 9.59 Å². The normalized spacial score (nSPS) is 11.6. The molecule has 0 unspecified atom stereocenters. The first-order valence-corrected chi connectivity index (χ1v) is 5.56. The second kappa shape index (κ2) is 5.79. The molecule has 0 radical (unpaired) electrons. The summed E-state index contributed by atoms with van der Waals surface area (Å²) in [5.41, 5.74) is -0.523. The Labute approximate surface area is 106 Å². The van der Waals surface area contributed by atoms with Gasteiger partial charge in [0.25, 0.3) is 5.91 Å². The predicted octanol–water partition coefficient (Wildman–Crippen LogP) is 0.239. The van der Waals surface area contributed by atoms with E-state index in [1.165, 1.54) is 12.3 Å². The average molecular weight is 254 g/mol. The first kappa shape index (κ1) is 14.4. The summed E-state index contributed by atoms with van der Waals surface area (Å²) in [6.07, 6.45) is 1.36. The Bertz CT molecular complexity index is 412. The Morgan fingerprint density at radius 3 is 2.67 bits per heavy atom. The number of furan rings is 1. The minimum Gasteiger partial charge on any atom is -0.459 e. The summed E-state index contributed by atoms with van der Waals surface area (Å²) in [7, 11) is 1.70. The number of nitrogens with zero attached hydrogens (tertiary/aromatic N) is 1. The fourth-order valence-electron chi connectivity index (χ4n) is 1.19. The number of carbonyl (C=O) groups excluding carboxylic acids is 2. The molecule has 0 aliphatic heterocycles. The summed E-state index contributed by atoms with van der Waals surface area (Å²) in [5, 5.41) is 11.4. The highest BCUT2D eigenvalue weighted by molar-refractivity contribution is 6.03. The SMILES string of the molecule is CN(CC(=O)NC(=O)c1ccco1)C(C)(C)CO. The van der Waals surface area contributed by atoms with Crippen LogP contribution in [0.15, 0.2) is 22.8 Å². The third-order valence-electron chi connectivity index (χ3n) is 2.80. The van der Waals surface area contributed by atoms with Gasteiger partial charge < -0.3 is 9.52 Å². The number of nitrogens with one attached hydrogen (secondary N) is 1. The van der Waals surface area contributed by atoms with Gasteiger partial charge in [-0.25, -0.2) is 0 Å². The lowest BCUT2D eigenvalue weighted by atomic mass is 10.1. The van der Waals surface area contributed by atoms with Crippen molar-refractivity contribution in [3.05, 3.63) is 24.2 Å². The number of aliphatic hydroxyl groups is 1. The molecule has 100 valence electrons. The lowest BCUT2D eigenvalue weighted by Gasteiger charge is -2.33. The molecule has 0 fully saturated rings. The van der Waals surface area contributed by atoms with Crippen molar-refractivity contribution in [3.8, 4) is 0 Å². The lowest BCUT2D eigenvalue weighted by Crippen LogP contribution is -2.49. The number of likely N-dealkylation sites (N-methyl/N-ethyl adjacent to an activating group) is 1. The first-order valence-electron chi connectivity index (χ1n) is 5.56. The number of imide groups is 1. The molecule has 2 amide bonds. The second-order valence-corrected chi connectivity index (χ2v) is 4.68. The number of amides is 2. The minimum atomic E-state index is -0.569. The van der Waals surface area contributed by atoms with Gasteiger partial charge in [0.2, 0.25) is 5.91 Å². The molecule has 0 saturated heterocycles. The maximum atomic E-state index is 11.6. The van der Waals surface area contributed by atoms with Crippen LogP contribution in [0.3, 0.4) is 0 Å². The van der Waals surface area contributed by atoms with E-state index in [0.717, 1.165) is 0 Å². The quantitative estimate of drug-likeness (QED) is 0.786. The fraction of sp³-hybridized carbons (Fsp3) is 0.500.